The van der Waals surface area contributed by atoms with E-state index in [9.17, 15) is 0 Å². The van der Waals surface area contributed by atoms with Crippen LogP contribution in [0.25, 0.3) is 0 Å². The lowest BCUT2D eigenvalue weighted by Gasteiger charge is -2.26. The average Bonchev–Trinajstić information content (AvgIpc) is 2.33. The minimum Gasteiger partial charge on any atom is -0.115 e. The lowest BCUT2D eigenvalue weighted by molar-refractivity contribution is 0.289. The summed E-state index contributed by atoms with van der Waals surface area (Å²) in [7, 11) is 0. The number of rotatable bonds is 2. The Morgan fingerprint density at radius 1 is 1.12 bits per heavy atom. The van der Waals surface area contributed by atoms with E-state index in [1.807, 2.05) is 0 Å². The van der Waals surface area contributed by atoms with E-state index in [4.69, 9.17) is 6.42 Å². The van der Waals surface area contributed by atoms with Crippen LogP contribution in [0, 0.1) is 24.2 Å². The Balaban J connectivity index is 1.91. The highest BCUT2D eigenvalue weighted by molar-refractivity contribution is 5.34. The molecular formula is C16H20. The fourth-order valence-electron chi connectivity index (χ4n) is 2.60. The second-order valence-electron chi connectivity index (χ2n) is 5.17. The molecule has 0 atom stereocenters. The van der Waals surface area contributed by atoms with E-state index in [-0.39, 0.29) is 0 Å². The van der Waals surface area contributed by atoms with Crippen molar-refractivity contribution in [2.45, 2.75) is 39.0 Å². The van der Waals surface area contributed by atoms with Gasteiger partial charge in [0.2, 0.25) is 0 Å². The molecule has 1 fully saturated rings. The monoisotopic (exact) mass is 212 g/mol. The fraction of sp³-hybridized carbons (Fsp3) is 0.500. The zero-order valence-corrected chi connectivity index (χ0v) is 10.1. The van der Waals surface area contributed by atoms with E-state index in [0.29, 0.717) is 0 Å². The molecule has 16 heavy (non-hydrogen) atoms. The summed E-state index contributed by atoms with van der Waals surface area (Å²) in [6.45, 7) is 2.37. The summed E-state index contributed by atoms with van der Waals surface area (Å²) in [6.07, 6.45) is 12.2. The van der Waals surface area contributed by atoms with Crippen LogP contribution in [0.1, 0.15) is 43.7 Å². The lowest BCUT2D eigenvalue weighted by atomic mass is 9.80. The molecule has 1 saturated carbocycles. The number of hydrogen-bond donors (Lipinski definition) is 0. The zero-order valence-electron chi connectivity index (χ0n) is 10.1. The average molecular weight is 212 g/mol. The van der Waals surface area contributed by atoms with E-state index >= 15 is 0 Å². The minimum atomic E-state index is 0.896. The van der Waals surface area contributed by atoms with E-state index in [1.54, 1.807) is 0 Å². The fourth-order valence-corrected chi connectivity index (χ4v) is 2.60. The predicted molar refractivity (Wildman–Crippen MR) is 69.2 cm³/mol. The Bertz CT molecular complexity index is 358. The van der Waals surface area contributed by atoms with Gasteiger partial charge in [0.25, 0.3) is 0 Å². The van der Waals surface area contributed by atoms with E-state index < -0.39 is 0 Å². The van der Waals surface area contributed by atoms with Gasteiger partial charge in [-0.05, 0) is 48.8 Å². The minimum absolute atomic E-state index is 0.896. The van der Waals surface area contributed by atoms with Crippen molar-refractivity contribution in [3.05, 3.63) is 35.4 Å². The third-order valence-electron chi connectivity index (χ3n) is 3.78. The molecule has 0 N–H and O–H groups in total. The molecule has 84 valence electrons. The van der Waals surface area contributed by atoms with Gasteiger partial charge in [0.1, 0.15) is 0 Å². The van der Waals surface area contributed by atoms with Crippen LogP contribution in [0.3, 0.4) is 0 Å². The number of benzene rings is 1. The first kappa shape index (κ1) is 11.3. The molecule has 1 aliphatic carbocycles. The van der Waals surface area contributed by atoms with Gasteiger partial charge in [-0.2, -0.15) is 0 Å². The molecule has 0 heterocycles. The molecule has 0 nitrogen and oxygen atoms in total. The maximum atomic E-state index is 5.35. The zero-order chi connectivity index (χ0) is 11.4. The van der Waals surface area contributed by atoms with Crippen LogP contribution in [-0.4, -0.2) is 0 Å². The van der Waals surface area contributed by atoms with Crippen molar-refractivity contribution < 1.29 is 0 Å². The van der Waals surface area contributed by atoms with Gasteiger partial charge in [0, 0.05) is 5.56 Å². The lowest BCUT2D eigenvalue weighted by Crippen LogP contribution is -2.14. The Morgan fingerprint density at radius 2 is 1.75 bits per heavy atom. The Hall–Kier alpha value is -1.22. The summed E-state index contributed by atoms with van der Waals surface area (Å²) in [5, 5.41) is 0. The van der Waals surface area contributed by atoms with Gasteiger partial charge in [-0.25, -0.2) is 0 Å². The first-order valence-electron chi connectivity index (χ1n) is 6.33. The van der Waals surface area contributed by atoms with Crippen LogP contribution in [0.2, 0.25) is 0 Å². The standard InChI is InChI=1S/C16H20/c1-3-14-8-10-16(11-9-14)12-15-6-4-13(2)5-7-15/h1,8-11,13,15H,4-7,12H2,2H3. The van der Waals surface area contributed by atoms with Crippen molar-refractivity contribution in [2.24, 2.45) is 11.8 Å². The molecule has 0 bridgehead atoms. The highest BCUT2D eigenvalue weighted by Gasteiger charge is 2.18. The molecule has 0 radical (unpaired) electrons. The summed E-state index contributed by atoms with van der Waals surface area (Å²) in [5.74, 6) is 4.50. The smallest absolute Gasteiger partial charge is 0.0242 e. The van der Waals surface area contributed by atoms with Crippen molar-refractivity contribution >= 4 is 0 Å². The molecule has 0 spiro atoms. The van der Waals surface area contributed by atoms with Crippen molar-refractivity contribution in [1.29, 1.82) is 0 Å². The van der Waals surface area contributed by atoms with Crippen molar-refractivity contribution in [1.82, 2.24) is 0 Å². The summed E-state index contributed by atoms with van der Waals surface area (Å²) in [5.41, 5.74) is 2.43. The number of hydrogen-bond acceptors (Lipinski definition) is 0. The SMILES string of the molecule is C#Cc1ccc(CC2CCC(C)CC2)cc1. The van der Waals surface area contributed by atoms with Gasteiger partial charge in [0.05, 0.1) is 0 Å². The van der Waals surface area contributed by atoms with Gasteiger partial charge in [-0.3, -0.25) is 0 Å². The van der Waals surface area contributed by atoms with Gasteiger partial charge in [0.15, 0.2) is 0 Å². The molecule has 2 rings (SSSR count). The first-order chi connectivity index (χ1) is 7.78. The molecule has 0 aromatic heterocycles. The van der Waals surface area contributed by atoms with Crippen LogP contribution in [0.5, 0.6) is 0 Å². The molecule has 1 aliphatic rings. The molecule has 0 unspecified atom stereocenters. The van der Waals surface area contributed by atoms with Crippen LogP contribution < -0.4 is 0 Å². The van der Waals surface area contributed by atoms with Gasteiger partial charge < -0.3 is 0 Å². The predicted octanol–water partition coefficient (Wildman–Crippen LogP) is 4.04. The highest BCUT2D eigenvalue weighted by atomic mass is 14.2. The normalized spacial score (nSPS) is 25.0. The Labute approximate surface area is 99.1 Å². The maximum absolute atomic E-state index is 5.35. The van der Waals surface area contributed by atoms with Crippen LogP contribution in [-0.2, 0) is 6.42 Å². The third kappa shape index (κ3) is 2.89. The van der Waals surface area contributed by atoms with Crippen molar-refractivity contribution in [3.8, 4) is 12.3 Å². The molecule has 1 aromatic rings. The van der Waals surface area contributed by atoms with Crippen LogP contribution in [0.4, 0.5) is 0 Å². The quantitative estimate of drug-likeness (QED) is 0.649. The molecule has 0 saturated heterocycles. The van der Waals surface area contributed by atoms with Crippen LogP contribution in [0.15, 0.2) is 24.3 Å². The second-order valence-corrected chi connectivity index (χ2v) is 5.17. The highest BCUT2D eigenvalue weighted by Crippen LogP contribution is 2.30. The van der Waals surface area contributed by atoms with Gasteiger partial charge in [-0.1, -0.05) is 37.8 Å². The topological polar surface area (TPSA) is 0 Å². The summed E-state index contributed by atoms with van der Waals surface area (Å²) in [4.78, 5) is 0. The van der Waals surface area contributed by atoms with Gasteiger partial charge in [-0.15, -0.1) is 6.42 Å². The van der Waals surface area contributed by atoms with Gasteiger partial charge >= 0.3 is 0 Å². The maximum Gasteiger partial charge on any atom is 0.0242 e. The molecule has 0 amide bonds. The van der Waals surface area contributed by atoms with Crippen LogP contribution >= 0.6 is 0 Å². The van der Waals surface area contributed by atoms with E-state index in [1.165, 1.54) is 37.7 Å². The van der Waals surface area contributed by atoms with E-state index in [2.05, 4.69) is 37.1 Å². The Morgan fingerprint density at radius 3 is 2.31 bits per heavy atom. The summed E-state index contributed by atoms with van der Waals surface area (Å²) in [6, 6.07) is 8.49. The second kappa shape index (κ2) is 5.21. The summed E-state index contributed by atoms with van der Waals surface area (Å²) >= 11 is 0. The van der Waals surface area contributed by atoms with E-state index in [0.717, 1.165) is 17.4 Å². The number of terminal acetylenes is 1. The molecule has 0 aliphatic heterocycles. The molecular weight excluding hydrogens is 192 g/mol. The first-order valence-corrected chi connectivity index (χ1v) is 6.33. The summed E-state index contributed by atoms with van der Waals surface area (Å²) < 4.78 is 0. The third-order valence-corrected chi connectivity index (χ3v) is 3.78. The molecule has 1 aromatic carbocycles. The Kier molecular flexibility index (Phi) is 3.67. The van der Waals surface area contributed by atoms with Crippen molar-refractivity contribution in [3.63, 3.8) is 0 Å². The largest absolute Gasteiger partial charge is 0.115 e. The van der Waals surface area contributed by atoms with Crippen molar-refractivity contribution in [2.75, 3.05) is 0 Å². The molecule has 0 heteroatoms.